The first-order valence-corrected chi connectivity index (χ1v) is 13.5. The minimum atomic E-state index is -4.28. The van der Waals surface area contributed by atoms with E-state index in [1.807, 2.05) is 0 Å². The van der Waals surface area contributed by atoms with Crippen molar-refractivity contribution in [3.05, 3.63) is 88.4 Å². The number of amides is 3. The number of sulfonamides is 1. The summed E-state index contributed by atoms with van der Waals surface area (Å²) >= 11 is 12.1. The van der Waals surface area contributed by atoms with Crippen LogP contribution in [0.4, 0.5) is 5.69 Å². The maximum absolute atomic E-state index is 13.6. The molecule has 3 amide bonds. The number of benzene rings is 3. The minimum Gasteiger partial charge on any atom is -0.363 e. The molecule has 4 rings (SSSR count). The SMILES string of the molecule is O=C1CN(C(=O)CNC(=O)c2ccc(S(=O)(=O)N(Oc3ccc(Cl)cc3Cl)c3ccccc3)cc2)CCN1. The van der Waals surface area contributed by atoms with E-state index in [9.17, 15) is 22.8 Å². The fourth-order valence-corrected chi connectivity index (χ4v) is 5.22. The van der Waals surface area contributed by atoms with E-state index in [4.69, 9.17) is 28.0 Å². The van der Waals surface area contributed by atoms with Gasteiger partial charge in [0.05, 0.1) is 28.7 Å². The Morgan fingerprint density at radius 1 is 1.03 bits per heavy atom. The summed E-state index contributed by atoms with van der Waals surface area (Å²) in [5, 5.41) is 5.57. The van der Waals surface area contributed by atoms with Gasteiger partial charge in [0.15, 0.2) is 5.75 Å². The topological polar surface area (TPSA) is 125 Å². The van der Waals surface area contributed by atoms with Gasteiger partial charge in [-0.15, -0.1) is 0 Å². The molecular formula is C25H22Cl2N4O6S. The van der Waals surface area contributed by atoms with E-state index >= 15 is 0 Å². The fraction of sp³-hybridized carbons (Fsp3) is 0.160. The molecule has 0 bridgehead atoms. The predicted molar refractivity (Wildman–Crippen MR) is 142 cm³/mol. The molecule has 1 saturated heterocycles. The molecule has 10 nitrogen and oxygen atoms in total. The van der Waals surface area contributed by atoms with E-state index in [2.05, 4.69) is 10.6 Å². The summed E-state index contributed by atoms with van der Waals surface area (Å²) < 4.78 is 27.9. The number of para-hydroxylation sites is 1. The van der Waals surface area contributed by atoms with Crippen molar-refractivity contribution in [3.8, 4) is 5.75 Å². The molecule has 1 aliphatic heterocycles. The third-order valence-corrected chi connectivity index (χ3v) is 7.59. The molecule has 0 unspecified atom stereocenters. The van der Waals surface area contributed by atoms with E-state index in [1.165, 1.54) is 47.4 Å². The van der Waals surface area contributed by atoms with Crippen LogP contribution in [0.3, 0.4) is 0 Å². The monoisotopic (exact) mass is 576 g/mol. The zero-order valence-electron chi connectivity index (χ0n) is 19.8. The van der Waals surface area contributed by atoms with Gasteiger partial charge in [-0.3, -0.25) is 14.4 Å². The van der Waals surface area contributed by atoms with Gasteiger partial charge in [0.2, 0.25) is 11.8 Å². The molecule has 1 aliphatic rings. The molecule has 0 saturated carbocycles. The van der Waals surface area contributed by atoms with E-state index in [1.54, 1.807) is 30.3 Å². The van der Waals surface area contributed by atoms with Gasteiger partial charge in [0, 0.05) is 23.7 Å². The molecule has 0 spiro atoms. The Balaban J connectivity index is 1.50. The molecule has 13 heteroatoms. The number of piperazine rings is 1. The minimum absolute atomic E-state index is 0.0651. The lowest BCUT2D eigenvalue weighted by Gasteiger charge is -2.26. The second-order valence-corrected chi connectivity index (χ2v) is 10.7. The van der Waals surface area contributed by atoms with Gasteiger partial charge in [0.25, 0.3) is 15.9 Å². The third kappa shape index (κ3) is 6.36. The Kier molecular flexibility index (Phi) is 8.40. The van der Waals surface area contributed by atoms with Crippen LogP contribution >= 0.6 is 23.2 Å². The van der Waals surface area contributed by atoms with Gasteiger partial charge in [-0.25, -0.2) is 0 Å². The van der Waals surface area contributed by atoms with Gasteiger partial charge >= 0.3 is 0 Å². The van der Waals surface area contributed by atoms with E-state index in [-0.39, 0.29) is 45.9 Å². The Morgan fingerprint density at radius 3 is 2.39 bits per heavy atom. The summed E-state index contributed by atoms with van der Waals surface area (Å²) in [5.74, 6) is -1.17. The molecule has 0 aromatic heterocycles. The van der Waals surface area contributed by atoms with Gasteiger partial charge in [-0.1, -0.05) is 45.9 Å². The van der Waals surface area contributed by atoms with Crippen LogP contribution in [0, 0.1) is 0 Å². The summed E-state index contributed by atoms with van der Waals surface area (Å²) in [6, 6.07) is 17.6. The standard InChI is InChI=1S/C25H22Cl2N4O6S/c26-18-8-11-22(21(27)14-18)37-31(19-4-2-1-3-5-19)38(35,36)20-9-6-17(7-10-20)25(34)29-15-24(33)30-13-12-28-23(32)16-30/h1-11,14H,12-13,15-16H2,(H,28,32)(H,29,34). The second-order valence-electron chi connectivity index (χ2n) is 8.11. The average Bonchev–Trinajstić information content (AvgIpc) is 2.91. The number of nitrogens with zero attached hydrogens (tertiary/aromatic N) is 2. The van der Waals surface area contributed by atoms with Crippen molar-refractivity contribution in [3.63, 3.8) is 0 Å². The molecule has 0 atom stereocenters. The lowest BCUT2D eigenvalue weighted by molar-refractivity contribution is -0.137. The highest BCUT2D eigenvalue weighted by Gasteiger charge is 2.29. The predicted octanol–water partition coefficient (Wildman–Crippen LogP) is 2.87. The maximum Gasteiger partial charge on any atom is 0.295 e. The van der Waals surface area contributed by atoms with Crippen LogP contribution in [0.2, 0.25) is 10.0 Å². The Bertz CT molecular complexity index is 1450. The molecule has 3 aromatic carbocycles. The largest absolute Gasteiger partial charge is 0.363 e. The number of rotatable bonds is 8. The summed E-state index contributed by atoms with van der Waals surface area (Å²) in [7, 11) is -4.28. The zero-order valence-corrected chi connectivity index (χ0v) is 22.1. The van der Waals surface area contributed by atoms with Crippen LogP contribution in [0.5, 0.6) is 5.75 Å². The zero-order chi connectivity index (χ0) is 27.3. The average molecular weight is 577 g/mol. The van der Waals surface area contributed by atoms with Crippen molar-refractivity contribution in [1.29, 1.82) is 0 Å². The number of nitrogens with one attached hydrogen (secondary N) is 2. The van der Waals surface area contributed by atoms with Crippen molar-refractivity contribution < 1.29 is 27.6 Å². The quantitative estimate of drug-likeness (QED) is 0.397. The van der Waals surface area contributed by atoms with Crippen LogP contribution in [-0.2, 0) is 19.6 Å². The smallest absolute Gasteiger partial charge is 0.295 e. The molecule has 2 N–H and O–H groups in total. The van der Waals surface area contributed by atoms with Crippen LogP contribution in [0.1, 0.15) is 10.4 Å². The Hall–Kier alpha value is -3.80. The number of hydrogen-bond acceptors (Lipinski definition) is 6. The van der Waals surface area contributed by atoms with Gasteiger partial charge in [-0.05, 0) is 54.6 Å². The van der Waals surface area contributed by atoms with Crippen molar-refractivity contribution >= 4 is 56.6 Å². The third-order valence-electron chi connectivity index (χ3n) is 5.47. The molecule has 1 heterocycles. The van der Waals surface area contributed by atoms with Crippen LogP contribution in [0.25, 0.3) is 0 Å². The summed E-state index contributed by atoms with van der Waals surface area (Å²) in [5.41, 5.74) is 0.353. The van der Waals surface area contributed by atoms with Crippen LogP contribution in [-0.4, -0.2) is 57.2 Å². The highest BCUT2D eigenvalue weighted by Crippen LogP contribution is 2.32. The van der Waals surface area contributed by atoms with Crippen molar-refractivity contribution in [2.24, 2.45) is 0 Å². The number of carbonyl (C=O) groups is 3. The molecular weight excluding hydrogens is 555 g/mol. The lowest BCUT2D eigenvalue weighted by atomic mass is 10.2. The first-order valence-electron chi connectivity index (χ1n) is 11.3. The fourth-order valence-electron chi connectivity index (χ4n) is 3.52. The summed E-state index contributed by atoms with van der Waals surface area (Å²) in [4.78, 5) is 43.2. The van der Waals surface area contributed by atoms with Gasteiger partial charge in [-0.2, -0.15) is 8.42 Å². The summed E-state index contributed by atoms with van der Waals surface area (Å²) in [6.45, 7) is 0.336. The first-order chi connectivity index (χ1) is 18.1. The van der Waals surface area contributed by atoms with Crippen molar-refractivity contribution in [2.75, 3.05) is 30.6 Å². The molecule has 1 fully saturated rings. The van der Waals surface area contributed by atoms with Crippen LogP contribution in [0.15, 0.2) is 77.7 Å². The maximum atomic E-state index is 13.6. The highest BCUT2D eigenvalue weighted by atomic mass is 35.5. The van der Waals surface area contributed by atoms with Gasteiger partial charge in [0.1, 0.15) is 0 Å². The molecule has 0 radical (unpaired) electrons. The van der Waals surface area contributed by atoms with Crippen LogP contribution < -0.4 is 19.9 Å². The van der Waals surface area contributed by atoms with Crippen molar-refractivity contribution in [1.82, 2.24) is 15.5 Å². The number of hydrogen-bond donors (Lipinski definition) is 2. The number of halogens is 2. The molecule has 0 aliphatic carbocycles. The number of carbonyl (C=O) groups excluding carboxylic acids is 3. The molecule has 3 aromatic rings. The first kappa shape index (κ1) is 27.2. The Labute approximate surface area is 229 Å². The molecule has 38 heavy (non-hydrogen) atoms. The van der Waals surface area contributed by atoms with E-state index in [0.29, 0.717) is 18.1 Å². The second kappa shape index (κ2) is 11.7. The van der Waals surface area contributed by atoms with Crippen molar-refractivity contribution in [2.45, 2.75) is 4.90 Å². The van der Waals surface area contributed by atoms with Gasteiger partial charge < -0.3 is 20.4 Å². The number of anilines is 1. The highest BCUT2D eigenvalue weighted by molar-refractivity contribution is 7.92. The van der Waals surface area contributed by atoms with E-state index in [0.717, 1.165) is 4.47 Å². The Morgan fingerprint density at radius 2 is 1.74 bits per heavy atom. The van der Waals surface area contributed by atoms with E-state index < -0.39 is 21.8 Å². The summed E-state index contributed by atoms with van der Waals surface area (Å²) in [6.07, 6.45) is 0. The lowest BCUT2D eigenvalue weighted by Crippen LogP contribution is -2.52. The normalized spacial score (nSPS) is 13.4. The molecule has 198 valence electrons.